The van der Waals surface area contributed by atoms with Gasteiger partial charge in [0, 0.05) is 25.9 Å². The van der Waals surface area contributed by atoms with Gasteiger partial charge in [-0.3, -0.25) is 9.48 Å². The van der Waals surface area contributed by atoms with Crippen LogP contribution in [0.2, 0.25) is 0 Å². The Balaban J connectivity index is 1.69. The molecule has 25 heavy (non-hydrogen) atoms. The molecular formula is C15H16FN7O2. The summed E-state index contributed by atoms with van der Waals surface area (Å²) in [7, 11) is 1.79. The number of halogens is 1. The highest BCUT2D eigenvalue weighted by Gasteiger charge is 2.16. The number of hydrogen-bond acceptors (Lipinski definition) is 6. The number of amides is 1. The molecule has 3 aromatic rings. The molecule has 10 heteroatoms. The van der Waals surface area contributed by atoms with E-state index in [0.29, 0.717) is 12.3 Å². The highest BCUT2D eigenvalue weighted by molar-refractivity contribution is 5.93. The Bertz CT molecular complexity index is 938. The number of hydrogen-bond donors (Lipinski definition) is 1. The maximum absolute atomic E-state index is 13.8. The number of nitrogens with one attached hydrogen (secondary N) is 1. The molecular weight excluding hydrogens is 329 g/mol. The molecule has 0 bridgehead atoms. The van der Waals surface area contributed by atoms with Gasteiger partial charge < -0.3 is 4.52 Å². The van der Waals surface area contributed by atoms with Crippen LogP contribution in [-0.4, -0.2) is 36.8 Å². The topological polar surface area (TPSA) is 103 Å². The second-order valence-electron chi connectivity index (χ2n) is 5.28. The molecule has 3 rings (SSSR count). The molecule has 0 saturated heterocycles. The average Bonchev–Trinajstić information content (AvgIpc) is 3.27. The highest BCUT2D eigenvalue weighted by Crippen LogP contribution is 2.22. The van der Waals surface area contributed by atoms with Crippen molar-refractivity contribution in [2.24, 2.45) is 12.1 Å². The largest absolute Gasteiger partial charge is 0.355 e. The van der Waals surface area contributed by atoms with Crippen molar-refractivity contribution < 1.29 is 13.7 Å². The summed E-state index contributed by atoms with van der Waals surface area (Å²) in [6.07, 6.45) is 4.27. The molecule has 9 nitrogen and oxygen atoms in total. The van der Waals surface area contributed by atoms with E-state index in [1.165, 1.54) is 23.2 Å². The second-order valence-corrected chi connectivity index (χ2v) is 5.28. The van der Waals surface area contributed by atoms with Gasteiger partial charge in [0.1, 0.15) is 0 Å². The zero-order valence-electron chi connectivity index (χ0n) is 13.9. The molecule has 0 saturated carbocycles. The lowest BCUT2D eigenvalue weighted by molar-refractivity contribution is 0.0946. The number of carbonyl (C=O) groups is 1. The Morgan fingerprint density at radius 2 is 2.32 bits per heavy atom. The number of rotatable bonds is 5. The van der Waals surface area contributed by atoms with Crippen LogP contribution in [0.15, 0.2) is 28.1 Å². The van der Waals surface area contributed by atoms with Gasteiger partial charge >= 0.3 is 0 Å². The van der Waals surface area contributed by atoms with Crippen molar-refractivity contribution in [1.82, 2.24) is 30.1 Å². The van der Waals surface area contributed by atoms with E-state index in [9.17, 15) is 9.18 Å². The first-order valence-electron chi connectivity index (χ1n) is 7.51. The zero-order chi connectivity index (χ0) is 18.0. The van der Waals surface area contributed by atoms with E-state index in [1.54, 1.807) is 24.9 Å². The van der Waals surface area contributed by atoms with Crippen LogP contribution in [0.1, 0.15) is 28.7 Å². The molecule has 1 amide bonds. The van der Waals surface area contributed by atoms with Crippen LogP contribution in [-0.2, 0) is 13.6 Å². The maximum Gasteiger partial charge on any atom is 0.293 e. The standard InChI is InChI=1S/C15H16FN7O2/c1-4-23-14(16)10(7-18-23)6-17-19-15(24)12-5-13(25-21-12)11-8-22(3)20-9(11)2/h5-8H,4H2,1-3H3,(H,19,24)/b17-6-. The summed E-state index contributed by atoms with van der Waals surface area (Å²) in [4.78, 5) is 12.0. The maximum atomic E-state index is 13.8. The van der Waals surface area contributed by atoms with Crippen LogP contribution in [0.3, 0.4) is 0 Å². The van der Waals surface area contributed by atoms with E-state index < -0.39 is 11.9 Å². The number of nitrogens with zero attached hydrogens (tertiary/aromatic N) is 6. The quantitative estimate of drug-likeness (QED) is 0.557. The summed E-state index contributed by atoms with van der Waals surface area (Å²) in [5.74, 6) is -0.664. The van der Waals surface area contributed by atoms with E-state index in [2.05, 4.69) is 25.9 Å². The van der Waals surface area contributed by atoms with Gasteiger partial charge in [0.25, 0.3) is 5.91 Å². The summed E-state index contributed by atoms with van der Waals surface area (Å²) in [6, 6.07) is 1.49. The number of hydrazone groups is 1. The van der Waals surface area contributed by atoms with Crippen molar-refractivity contribution in [3.63, 3.8) is 0 Å². The van der Waals surface area contributed by atoms with Crippen molar-refractivity contribution in [2.45, 2.75) is 20.4 Å². The Kier molecular flexibility index (Phi) is 4.42. The summed E-state index contributed by atoms with van der Waals surface area (Å²) in [5, 5.41) is 15.5. The van der Waals surface area contributed by atoms with E-state index >= 15 is 0 Å². The SMILES string of the molecule is CCn1ncc(/C=N\NC(=O)c2cc(-c3cn(C)nc3C)on2)c1F. The lowest BCUT2D eigenvalue weighted by atomic mass is 10.2. The average molecular weight is 345 g/mol. The van der Waals surface area contributed by atoms with Crippen LogP contribution >= 0.6 is 0 Å². The lowest BCUT2D eigenvalue weighted by Crippen LogP contribution is -2.17. The van der Waals surface area contributed by atoms with Crippen LogP contribution in [0.4, 0.5) is 4.39 Å². The molecule has 0 radical (unpaired) electrons. The van der Waals surface area contributed by atoms with Crippen molar-refractivity contribution in [1.29, 1.82) is 0 Å². The van der Waals surface area contributed by atoms with E-state index in [0.717, 1.165) is 11.3 Å². The predicted octanol–water partition coefficient (Wildman–Crippen LogP) is 1.50. The Morgan fingerprint density at radius 3 is 2.96 bits per heavy atom. The van der Waals surface area contributed by atoms with Gasteiger partial charge in [0.2, 0.25) is 5.95 Å². The fourth-order valence-corrected chi connectivity index (χ4v) is 2.26. The first-order chi connectivity index (χ1) is 12.0. The molecule has 0 aliphatic heterocycles. The molecule has 3 aromatic heterocycles. The molecule has 130 valence electrons. The monoisotopic (exact) mass is 345 g/mol. The third-order valence-corrected chi connectivity index (χ3v) is 3.49. The molecule has 0 aliphatic carbocycles. The van der Waals surface area contributed by atoms with Crippen molar-refractivity contribution in [3.05, 3.63) is 41.4 Å². The molecule has 0 aromatic carbocycles. The van der Waals surface area contributed by atoms with Crippen molar-refractivity contribution in [2.75, 3.05) is 0 Å². The molecule has 0 fully saturated rings. The van der Waals surface area contributed by atoms with Crippen molar-refractivity contribution >= 4 is 12.1 Å². The number of aromatic nitrogens is 5. The third-order valence-electron chi connectivity index (χ3n) is 3.49. The molecule has 0 atom stereocenters. The first-order valence-corrected chi connectivity index (χ1v) is 7.51. The van der Waals surface area contributed by atoms with E-state index in [1.807, 2.05) is 6.92 Å². The summed E-state index contributed by atoms with van der Waals surface area (Å²) in [5.41, 5.74) is 4.00. The van der Waals surface area contributed by atoms with Crippen LogP contribution in [0.5, 0.6) is 0 Å². The highest BCUT2D eigenvalue weighted by atomic mass is 19.1. The zero-order valence-corrected chi connectivity index (χ0v) is 13.9. The van der Waals surface area contributed by atoms with Crippen molar-refractivity contribution in [3.8, 4) is 11.3 Å². The normalized spacial score (nSPS) is 11.4. The van der Waals surface area contributed by atoms with Gasteiger partial charge in [0.05, 0.1) is 29.2 Å². The third kappa shape index (κ3) is 3.32. The molecule has 0 aliphatic rings. The van der Waals surface area contributed by atoms with Gasteiger partial charge in [-0.1, -0.05) is 5.16 Å². The smallest absolute Gasteiger partial charge is 0.293 e. The molecule has 1 N–H and O–H groups in total. The van der Waals surface area contributed by atoms with Gasteiger partial charge in [-0.25, -0.2) is 10.1 Å². The number of aryl methyl sites for hydroxylation is 3. The Hall–Kier alpha value is -3.30. The number of carbonyl (C=O) groups excluding carboxylic acids is 1. The molecule has 0 unspecified atom stereocenters. The fraction of sp³-hybridized carbons (Fsp3) is 0.267. The van der Waals surface area contributed by atoms with E-state index in [-0.39, 0.29) is 11.3 Å². The van der Waals surface area contributed by atoms with Gasteiger partial charge in [-0.2, -0.15) is 19.7 Å². The Labute approximate surface area is 142 Å². The van der Waals surface area contributed by atoms with E-state index in [4.69, 9.17) is 4.52 Å². The minimum Gasteiger partial charge on any atom is -0.355 e. The second kappa shape index (κ2) is 6.67. The lowest BCUT2D eigenvalue weighted by Gasteiger charge is -1.95. The Morgan fingerprint density at radius 1 is 1.52 bits per heavy atom. The summed E-state index contributed by atoms with van der Waals surface area (Å²) < 4.78 is 21.8. The minimum atomic E-state index is -0.573. The summed E-state index contributed by atoms with van der Waals surface area (Å²) in [6.45, 7) is 4.00. The van der Waals surface area contributed by atoms with Crippen LogP contribution in [0, 0.1) is 12.9 Å². The predicted molar refractivity (Wildman–Crippen MR) is 86.4 cm³/mol. The van der Waals surface area contributed by atoms with Crippen LogP contribution < -0.4 is 5.43 Å². The van der Waals surface area contributed by atoms with Gasteiger partial charge in [-0.05, 0) is 13.8 Å². The first kappa shape index (κ1) is 16.6. The summed E-state index contributed by atoms with van der Waals surface area (Å²) >= 11 is 0. The minimum absolute atomic E-state index is 0.0557. The van der Waals surface area contributed by atoms with Crippen LogP contribution in [0.25, 0.3) is 11.3 Å². The molecule has 3 heterocycles. The molecule has 0 spiro atoms. The van der Waals surface area contributed by atoms with Gasteiger partial charge in [0.15, 0.2) is 11.5 Å². The fourth-order valence-electron chi connectivity index (χ4n) is 2.26. The van der Waals surface area contributed by atoms with Gasteiger partial charge in [-0.15, -0.1) is 0 Å².